The summed E-state index contributed by atoms with van der Waals surface area (Å²) in [7, 11) is 4.02. The lowest BCUT2D eigenvalue weighted by atomic mass is 9.96. The molecule has 1 heterocycles. The molecule has 6 heteroatoms. The molecule has 0 aliphatic carbocycles. The van der Waals surface area contributed by atoms with Crippen molar-refractivity contribution in [1.82, 2.24) is 9.80 Å². The zero-order valence-electron chi connectivity index (χ0n) is 17.6. The van der Waals surface area contributed by atoms with E-state index >= 15 is 0 Å². The average molecular weight is 399 g/mol. The Balaban J connectivity index is 1.79. The van der Waals surface area contributed by atoms with E-state index in [2.05, 4.69) is 4.90 Å². The first-order chi connectivity index (χ1) is 13.8. The Hall–Kier alpha value is -2.73. The lowest BCUT2D eigenvalue weighted by Crippen LogP contribution is -2.36. The summed E-state index contributed by atoms with van der Waals surface area (Å²) in [6, 6.07) is 8.81. The number of amides is 1. The fourth-order valence-electron chi connectivity index (χ4n) is 3.62. The number of ether oxygens (including phenoxy) is 1. The van der Waals surface area contributed by atoms with Crippen LogP contribution in [0.5, 0.6) is 17.2 Å². The molecule has 2 aromatic rings. The molecule has 2 aromatic carbocycles. The topological polar surface area (TPSA) is 73.2 Å². The summed E-state index contributed by atoms with van der Waals surface area (Å²) in [5.74, 6) is 0.520. The molecule has 6 nitrogen and oxygen atoms in total. The highest BCUT2D eigenvalue weighted by molar-refractivity contribution is 5.97. The highest BCUT2D eigenvalue weighted by Crippen LogP contribution is 2.34. The second-order valence-corrected chi connectivity index (χ2v) is 8.11. The van der Waals surface area contributed by atoms with Crippen molar-refractivity contribution in [3.63, 3.8) is 0 Å². The lowest BCUT2D eigenvalue weighted by molar-refractivity contribution is 0.0730. The van der Waals surface area contributed by atoms with Gasteiger partial charge < -0.3 is 24.7 Å². The Labute approximate surface area is 172 Å². The van der Waals surface area contributed by atoms with Gasteiger partial charge in [-0.15, -0.1) is 0 Å². The predicted octanol–water partition coefficient (Wildman–Crippen LogP) is 3.36. The minimum absolute atomic E-state index is 0.0116. The van der Waals surface area contributed by atoms with Gasteiger partial charge in [-0.05, 0) is 49.7 Å². The summed E-state index contributed by atoms with van der Waals surface area (Å²) in [4.78, 5) is 16.9. The van der Waals surface area contributed by atoms with Crippen molar-refractivity contribution in [2.75, 3.05) is 33.8 Å². The van der Waals surface area contributed by atoms with Crippen LogP contribution in [0.15, 0.2) is 30.3 Å². The molecule has 3 rings (SSSR count). The van der Waals surface area contributed by atoms with Gasteiger partial charge in [0.25, 0.3) is 5.91 Å². The average Bonchev–Trinajstić information content (AvgIpc) is 2.66. The van der Waals surface area contributed by atoms with Gasteiger partial charge in [0, 0.05) is 31.3 Å². The standard InChI is InChI=1S/C23H30N2O4/c1-15(2)18-12-19(21(27)13-20(18)26)23(28)25-9-8-17-16(14-25)6-5-7-22(17)29-11-10-24(3)4/h5-7,12-13,15,26-27H,8-11,14H2,1-4H3. The third-order valence-corrected chi connectivity index (χ3v) is 5.30. The van der Waals surface area contributed by atoms with Crippen molar-refractivity contribution in [1.29, 1.82) is 0 Å². The predicted molar refractivity (Wildman–Crippen MR) is 113 cm³/mol. The Bertz CT molecular complexity index is 893. The first-order valence-corrected chi connectivity index (χ1v) is 10.0. The van der Waals surface area contributed by atoms with Gasteiger partial charge in [-0.3, -0.25) is 4.79 Å². The Morgan fingerprint density at radius 1 is 1.21 bits per heavy atom. The summed E-state index contributed by atoms with van der Waals surface area (Å²) in [5, 5.41) is 20.3. The van der Waals surface area contributed by atoms with E-state index in [4.69, 9.17) is 4.74 Å². The van der Waals surface area contributed by atoms with Crippen molar-refractivity contribution in [2.24, 2.45) is 0 Å². The number of nitrogens with zero attached hydrogens (tertiary/aromatic N) is 2. The van der Waals surface area contributed by atoms with Gasteiger partial charge in [-0.1, -0.05) is 26.0 Å². The molecule has 0 fully saturated rings. The van der Waals surface area contributed by atoms with Crippen LogP contribution in [0.2, 0.25) is 0 Å². The molecule has 29 heavy (non-hydrogen) atoms. The van der Waals surface area contributed by atoms with Gasteiger partial charge in [0.1, 0.15) is 23.9 Å². The Morgan fingerprint density at radius 2 is 1.97 bits per heavy atom. The SMILES string of the molecule is CC(C)c1cc(C(=O)N2CCc3c(cccc3OCCN(C)C)C2)c(O)cc1O. The molecule has 0 unspecified atom stereocenters. The zero-order valence-corrected chi connectivity index (χ0v) is 17.6. The minimum atomic E-state index is -0.228. The van der Waals surface area contributed by atoms with E-state index in [1.165, 1.54) is 6.07 Å². The second kappa shape index (κ2) is 8.74. The molecule has 0 spiro atoms. The number of benzene rings is 2. The monoisotopic (exact) mass is 398 g/mol. The number of phenols is 2. The van der Waals surface area contributed by atoms with Crippen molar-refractivity contribution >= 4 is 5.91 Å². The molecule has 156 valence electrons. The highest BCUT2D eigenvalue weighted by Gasteiger charge is 2.26. The molecule has 1 aliphatic rings. The maximum absolute atomic E-state index is 13.1. The number of hydrogen-bond donors (Lipinski definition) is 2. The van der Waals surface area contributed by atoms with Crippen LogP contribution in [0.25, 0.3) is 0 Å². The van der Waals surface area contributed by atoms with Crippen LogP contribution in [0.3, 0.4) is 0 Å². The van der Waals surface area contributed by atoms with E-state index < -0.39 is 0 Å². The summed E-state index contributed by atoms with van der Waals surface area (Å²) >= 11 is 0. The summed E-state index contributed by atoms with van der Waals surface area (Å²) in [6.07, 6.45) is 0.703. The molecule has 1 aliphatic heterocycles. The quantitative estimate of drug-likeness (QED) is 0.781. The van der Waals surface area contributed by atoms with E-state index in [1.54, 1.807) is 11.0 Å². The smallest absolute Gasteiger partial charge is 0.257 e. The first-order valence-electron chi connectivity index (χ1n) is 10.0. The van der Waals surface area contributed by atoms with Crippen LogP contribution in [0, 0.1) is 0 Å². The van der Waals surface area contributed by atoms with Crippen molar-refractivity contribution in [2.45, 2.75) is 32.7 Å². The normalized spacial score (nSPS) is 13.7. The fraction of sp³-hybridized carbons (Fsp3) is 0.435. The maximum atomic E-state index is 13.1. The van der Waals surface area contributed by atoms with Gasteiger partial charge >= 0.3 is 0 Å². The summed E-state index contributed by atoms with van der Waals surface area (Å²) in [5.41, 5.74) is 3.09. The maximum Gasteiger partial charge on any atom is 0.257 e. The molecule has 0 atom stereocenters. The van der Waals surface area contributed by atoms with Gasteiger partial charge in [-0.2, -0.15) is 0 Å². The van der Waals surface area contributed by atoms with Crippen molar-refractivity contribution in [3.8, 4) is 17.2 Å². The van der Waals surface area contributed by atoms with E-state index in [1.807, 2.05) is 46.1 Å². The molecular formula is C23H30N2O4. The number of carbonyl (C=O) groups is 1. The van der Waals surface area contributed by atoms with Crippen LogP contribution >= 0.6 is 0 Å². The fourth-order valence-corrected chi connectivity index (χ4v) is 3.62. The number of rotatable bonds is 6. The zero-order chi connectivity index (χ0) is 21.1. The number of phenolic OH excluding ortho intramolecular Hbond substituents is 2. The van der Waals surface area contributed by atoms with E-state index in [-0.39, 0.29) is 28.9 Å². The molecule has 0 aromatic heterocycles. The largest absolute Gasteiger partial charge is 0.508 e. The Morgan fingerprint density at radius 3 is 2.66 bits per heavy atom. The third kappa shape index (κ3) is 4.65. The molecule has 0 saturated carbocycles. The van der Waals surface area contributed by atoms with Crippen molar-refractivity contribution < 1.29 is 19.7 Å². The number of fused-ring (bicyclic) bond motifs is 1. The minimum Gasteiger partial charge on any atom is -0.508 e. The van der Waals surface area contributed by atoms with Crippen LogP contribution in [0.1, 0.15) is 46.8 Å². The summed E-state index contributed by atoms with van der Waals surface area (Å²) < 4.78 is 5.96. The molecule has 1 amide bonds. The number of carbonyl (C=O) groups excluding carboxylic acids is 1. The van der Waals surface area contributed by atoms with Crippen LogP contribution < -0.4 is 4.74 Å². The van der Waals surface area contributed by atoms with Crippen LogP contribution in [0.4, 0.5) is 0 Å². The van der Waals surface area contributed by atoms with E-state index in [9.17, 15) is 15.0 Å². The highest BCUT2D eigenvalue weighted by atomic mass is 16.5. The number of likely N-dealkylation sites (N-methyl/N-ethyl adjacent to an activating group) is 1. The van der Waals surface area contributed by atoms with Crippen LogP contribution in [-0.2, 0) is 13.0 Å². The van der Waals surface area contributed by atoms with E-state index in [0.717, 1.165) is 23.4 Å². The molecule has 0 radical (unpaired) electrons. The first kappa shape index (κ1) is 21.0. The lowest BCUT2D eigenvalue weighted by Gasteiger charge is -2.30. The number of hydrogen-bond acceptors (Lipinski definition) is 5. The molecule has 2 N–H and O–H groups in total. The van der Waals surface area contributed by atoms with Crippen LogP contribution in [-0.4, -0.2) is 59.7 Å². The summed E-state index contributed by atoms with van der Waals surface area (Å²) in [6.45, 7) is 6.36. The van der Waals surface area contributed by atoms with Gasteiger partial charge in [0.05, 0.1) is 5.56 Å². The van der Waals surface area contributed by atoms with Gasteiger partial charge in [-0.25, -0.2) is 0 Å². The van der Waals surface area contributed by atoms with E-state index in [0.29, 0.717) is 31.7 Å². The third-order valence-electron chi connectivity index (χ3n) is 5.30. The molecule has 0 bridgehead atoms. The van der Waals surface area contributed by atoms with Crippen molar-refractivity contribution in [3.05, 3.63) is 52.6 Å². The number of aromatic hydroxyl groups is 2. The molecule has 0 saturated heterocycles. The van der Waals surface area contributed by atoms with Gasteiger partial charge in [0.15, 0.2) is 0 Å². The second-order valence-electron chi connectivity index (χ2n) is 8.11. The molecular weight excluding hydrogens is 368 g/mol. The Kier molecular flexibility index (Phi) is 6.33. The van der Waals surface area contributed by atoms with Gasteiger partial charge in [0.2, 0.25) is 0 Å².